The minimum absolute atomic E-state index is 0.0974. The highest BCUT2D eigenvalue weighted by Gasteiger charge is 2.24. The van der Waals surface area contributed by atoms with Crippen LogP contribution in [0.25, 0.3) is 22.2 Å². The zero-order valence-electron chi connectivity index (χ0n) is 12.1. The number of hydrogen-bond acceptors (Lipinski definition) is 3. The molecular weight excluding hydrogens is 274 g/mol. The fourth-order valence-electron chi connectivity index (χ4n) is 2.71. The first kappa shape index (κ1) is 13.0. The maximum absolute atomic E-state index is 12.7. The first-order chi connectivity index (χ1) is 10.8. The van der Waals surface area contributed by atoms with Crippen molar-refractivity contribution in [3.63, 3.8) is 0 Å². The Bertz CT molecular complexity index is 841. The van der Waals surface area contributed by atoms with E-state index in [0.29, 0.717) is 0 Å². The standard InChI is InChI=1S/C18H15N3O/c22-18(21-10-3-11-21)15-12-17(13-6-8-19-9-7-13)20-16-5-2-1-4-14(15)16/h1-2,4-9,12H,3,10-11H2. The van der Waals surface area contributed by atoms with Crippen molar-refractivity contribution >= 4 is 16.8 Å². The number of benzene rings is 1. The van der Waals surface area contributed by atoms with Crippen LogP contribution in [0, 0.1) is 0 Å². The number of carbonyl (C=O) groups excluding carboxylic acids is 1. The Kier molecular flexibility index (Phi) is 3.07. The number of rotatable bonds is 2. The van der Waals surface area contributed by atoms with Crippen LogP contribution in [0.3, 0.4) is 0 Å². The molecule has 4 nitrogen and oxygen atoms in total. The van der Waals surface area contributed by atoms with Crippen LogP contribution < -0.4 is 0 Å². The van der Waals surface area contributed by atoms with E-state index in [1.54, 1.807) is 12.4 Å². The number of para-hydroxylation sites is 1. The fraction of sp³-hybridized carbons (Fsp3) is 0.167. The minimum atomic E-state index is 0.0974. The third-order valence-corrected chi connectivity index (χ3v) is 4.07. The molecule has 4 heteroatoms. The molecule has 0 atom stereocenters. The molecule has 0 saturated carbocycles. The number of hydrogen-bond donors (Lipinski definition) is 0. The lowest BCUT2D eigenvalue weighted by Gasteiger charge is -2.31. The molecule has 1 aromatic carbocycles. The van der Waals surface area contributed by atoms with Gasteiger partial charge in [0.25, 0.3) is 5.91 Å². The summed E-state index contributed by atoms with van der Waals surface area (Å²) in [5, 5.41) is 0.914. The van der Waals surface area contributed by atoms with Gasteiger partial charge >= 0.3 is 0 Å². The normalized spacial score (nSPS) is 13.9. The van der Waals surface area contributed by atoms with Gasteiger partial charge in [0.05, 0.1) is 16.8 Å². The predicted octanol–water partition coefficient (Wildman–Crippen LogP) is 3.14. The van der Waals surface area contributed by atoms with E-state index in [1.165, 1.54) is 0 Å². The molecule has 1 fully saturated rings. The van der Waals surface area contributed by atoms with Crippen molar-refractivity contribution in [2.24, 2.45) is 0 Å². The molecule has 0 spiro atoms. The van der Waals surface area contributed by atoms with Crippen molar-refractivity contribution in [2.75, 3.05) is 13.1 Å². The van der Waals surface area contributed by atoms with Gasteiger partial charge in [-0.25, -0.2) is 4.98 Å². The molecule has 22 heavy (non-hydrogen) atoms. The Hall–Kier alpha value is -2.75. The molecule has 1 aliphatic heterocycles. The molecule has 1 aliphatic rings. The average molecular weight is 289 g/mol. The first-order valence-corrected chi connectivity index (χ1v) is 7.42. The Morgan fingerprint density at radius 2 is 1.82 bits per heavy atom. The van der Waals surface area contributed by atoms with E-state index < -0.39 is 0 Å². The summed E-state index contributed by atoms with van der Waals surface area (Å²) < 4.78 is 0. The number of fused-ring (bicyclic) bond motifs is 1. The van der Waals surface area contributed by atoms with Gasteiger partial charge in [0.2, 0.25) is 0 Å². The van der Waals surface area contributed by atoms with Crippen molar-refractivity contribution in [2.45, 2.75) is 6.42 Å². The Morgan fingerprint density at radius 3 is 2.55 bits per heavy atom. The third kappa shape index (κ3) is 2.13. The number of pyridine rings is 2. The summed E-state index contributed by atoms with van der Waals surface area (Å²) in [6, 6.07) is 13.5. The third-order valence-electron chi connectivity index (χ3n) is 4.07. The molecule has 0 N–H and O–H groups in total. The van der Waals surface area contributed by atoms with Crippen molar-refractivity contribution in [1.82, 2.24) is 14.9 Å². The first-order valence-electron chi connectivity index (χ1n) is 7.42. The van der Waals surface area contributed by atoms with Gasteiger partial charge in [-0.15, -0.1) is 0 Å². The molecule has 2 aromatic heterocycles. The summed E-state index contributed by atoms with van der Waals surface area (Å²) in [5.41, 5.74) is 3.36. The second-order valence-electron chi connectivity index (χ2n) is 5.45. The van der Waals surface area contributed by atoms with Crippen LogP contribution in [0.4, 0.5) is 0 Å². The average Bonchev–Trinajstić information content (AvgIpc) is 2.53. The monoisotopic (exact) mass is 289 g/mol. The summed E-state index contributed by atoms with van der Waals surface area (Å²) in [6.45, 7) is 1.69. The summed E-state index contributed by atoms with van der Waals surface area (Å²) >= 11 is 0. The number of carbonyl (C=O) groups is 1. The highest BCUT2D eigenvalue weighted by atomic mass is 16.2. The van der Waals surface area contributed by atoms with Crippen LogP contribution in [-0.2, 0) is 0 Å². The Labute approximate surface area is 128 Å². The smallest absolute Gasteiger partial charge is 0.254 e. The topological polar surface area (TPSA) is 46.1 Å². The number of amides is 1. The summed E-state index contributed by atoms with van der Waals surface area (Å²) in [6.07, 6.45) is 4.57. The van der Waals surface area contributed by atoms with Gasteiger partial charge in [-0.2, -0.15) is 0 Å². The van der Waals surface area contributed by atoms with Crippen LogP contribution >= 0.6 is 0 Å². The predicted molar refractivity (Wildman–Crippen MR) is 85.5 cm³/mol. The molecule has 0 unspecified atom stereocenters. The SMILES string of the molecule is O=C(c1cc(-c2ccncc2)nc2ccccc12)N1CCC1. The zero-order chi connectivity index (χ0) is 14.9. The van der Waals surface area contributed by atoms with E-state index >= 15 is 0 Å². The number of nitrogens with zero attached hydrogens (tertiary/aromatic N) is 3. The molecule has 1 amide bonds. The fourth-order valence-corrected chi connectivity index (χ4v) is 2.71. The van der Waals surface area contributed by atoms with Gasteiger partial charge in [0.1, 0.15) is 0 Å². The highest BCUT2D eigenvalue weighted by molar-refractivity contribution is 6.07. The highest BCUT2D eigenvalue weighted by Crippen LogP contribution is 2.26. The van der Waals surface area contributed by atoms with E-state index in [9.17, 15) is 4.79 Å². The van der Waals surface area contributed by atoms with Crippen LogP contribution in [0.1, 0.15) is 16.8 Å². The van der Waals surface area contributed by atoms with Crippen LogP contribution in [0.5, 0.6) is 0 Å². The maximum Gasteiger partial charge on any atom is 0.254 e. The van der Waals surface area contributed by atoms with E-state index in [4.69, 9.17) is 4.98 Å². The van der Waals surface area contributed by atoms with Crippen molar-refractivity contribution in [3.8, 4) is 11.3 Å². The van der Waals surface area contributed by atoms with Gasteiger partial charge in [-0.1, -0.05) is 18.2 Å². The largest absolute Gasteiger partial charge is 0.338 e. The second kappa shape index (κ2) is 5.22. The second-order valence-corrected chi connectivity index (χ2v) is 5.45. The van der Waals surface area contributed by atoms with E-state index in [1.807, 2.05) is 47.4 Å². The van der Waals surface area contributed by atoms with Gasteiger partial charge in [-0.05, 0) is 30.7 Å². The Morgan fingerprint density at radius 1 is 1.05 bits per heavy atom. The van der Waals surface area contributed by atoms with Crippen LogP contribution in [-0.4, -0.2) is 33.9 Å². The van der Waals surface area contributed by atoms with Gasteiger partial charge in [0, 0.05) is 36.4 Å². The molecule has 4 rings (SSSR count). The lowest BCUT2D eigenvalue weighted by atomic mass is 10.0. The minimum Gasteiger partial charge on any atom is -0.338 e. The van der Waals surface area contributed by atoms with Gasteiger partial charge in [0.15, 0.2) is 0 Å². The van der Waals surface area contributed by atoms with E-state index in [-0.39, 0.29) is 5.91 Å². The van der Waals surface area contributed by atoms with Crippen molar-refractivity contribution in [1.29, 1.82) is 0 Å². The lowest BCUT2D eigenvalue weighted by Crippen LogP contribution is -2.42. The molecule has 3 aromatic rings. The number of aromatic nitrogens is 2. The van der Waals surface area contributed by atoms with Crippen molar-refractivity contribution in [3.05, 3.63) is 60.4 Å². The molecule has 0 bridgehead atoms. The molecule has 3 heterocycles. The zero-order valence-corrected chi connectivity index (χ0v) is 12.1. The summed E-state index contributed by atoms with van der Waals surface area (Å²) in [7, 11) is 0. The molecule has 108 valence electrons. The molecule has 0 aliphatic carbocycles. The molecule has 1 saturated heterocycles. The molecule has 0 radical (unpaired) electrons. The van der Waals surface area contributed by atoms with Crippen LogP contribution in [0.2, 0.25) is 0 Å². The maximum atomic E-state index is 12.7. The van der Waals surface area contributed by atoms with Gasteiger partial charge in [-0.3, -0.25) is 9.78 Å². The number of likely N-dealkylation sites (tertiary alicyclic amines) is 1. The quantitative estimate of drug-likeness (QED) is 0.728. The van der Waals surface area contributed by atoms with Crippen LogP contribution in [0.15, 0.2) is 54.9 Å². The van der Waals surface area contributed by atoms with E-state index in [2.05, 4.69) is 4.98 Å². The molecular formula is C18H15N3O. The van der Waals surface area contributed by atoms with Crippen molar-refractivity contribution < 1.29 is 4.79 Å². The summed E-state index contributed by atoms with van der Waals surface area (Å²) in [5.74, 6) is 0.0974. The lowest BCUT2D eigenvalue weighted by molar-refractivity contribution is 0.0654. The van der Waals surface area contributed by atoms with Gasteiger partial charge < -0.3 is 4.90 Å². The van der Waals surface area contributed by atoms with E-state index in [0.717, 1.165) is 47.2 Å². The summed E-state index contributed by atoms with van der Waals surface area (Å²) in [4.78, 5) is 23.3. The Balaban J connectivity index is 1.91.